The van der Waals surface area contributed by atoms with Crippen molar-refractivity contribution in [1.82, 2.24) is 4.90 Å². The van der Waals surface area contributed by atoms with E-state index in [-0.39, 0.29) is 37.2 Å². The zero-order valence-corrected chi connectivity index (χ0v) is 32.9. The summed E-state index contributed by atoms with van der Waals surface area (Å²) in [4.78, 5) is 30.3. The van der Waals surface area contributed by atoms with E-state index in [1.54, 1.807) is 41.5 Å². The third-order valence-corrected chi connectivity index (χ3v) is 12.2. The summed E-state index contributed by atoms with van der Waals surface area (Å²) >= 11 is 0. The summed E-state index contributed by atoms with van der Waals surface area (Å²) in [5.41, 5.74) is -2.97. The van der Waals surface area contributed by atoms with Gasteiger partial charge in [0.15, 0.2) is 18.4 Å². The maximum absolute atomic E-state index is 14.1. The van der Waals surface area contributed by atoms with E-state index >= 15 is 0 Å². The van der Waals surface area contributed by atoms with Crippen LogP contribution in [0, 0.1) is 23.7 Å². The molecule has 0 bridgehead atoms. The van der Waals surface area contributed by atoms with Crippen LogP contribution in [-0.4, -0.2) is 145 Å². The number of ether oxygens (including phenoxy) is 8. The highest BCUT2D eigenvalue weighted by atomic mass is 16.8. The van der Waals surface area contributed by atoms with Gasteiger partial charge in [-0.15, -0.1) is 0 Å². The number of likely N-dealkylation sites (N-methyl/N-ethyl adjacent to an activating group) is 1. The predicted octanol–water partition coefficient (Wildman–Crippen LogP) is 2.42. The predicted molar refractivity (Wildman–Crippen MR) is 184 cm³/mol. The minimum atomic E-state index is -1.96. The van der Waals surface area contributed by atoms with Gasteiger partial charge in [0, 0.05) is 50.9 Å². The number of fused-ring (bicyclic) bond motifs is 2. The van der Waals surface area contributed by atoms with Gasteiger partial charge in [0.1, 0.15) is 35.8 Å². The van der Waals surface area contributed by atoms with Crippen LogP contribution >= 0.6 is 0 Å². The third kappa shape index (κ3) is 8.22. The Kier molecular flexibility index (Phi) is 13.5. The molecule has 0 aliphatic carbocycles. The average molecular weight is 732 g/mol. The van der Waals surface area contributed by atoms with Gasteiger partial charge in [-0.1, -0.05) is 27.7 Å². The summed E-state index contributed by atoms with van der Waals surface area (Å²) < 4.78 is 51.1. The molecule has 0 aromatic rings. The van der Waals surface area contributed by atoms with E-state index < -0.39 is 102 Å². The zero-order chi connectivity index (χ0) is 38.4. The standard InChI is InChI=1S/C37H65NO13/c1-14-25-36(9,43)30(40)20(4)27(39)18(2)16-37(45-13)32(50-34-29(51-37)24(38(10)11)15-19(3)46-34)21(5)28(22(6)33(42)48-25)49-26-17-35(8,44-12)31(41)23(7)47-26/h18-26,28-32,34,40-41,43H,14-17H2,1-13H3/t18?,19?,20-,21?,22+,23?,24?,25?,26?,28?,29?,30+,31?,32?,34?,35?,36+,37-/m0/s1. The number of aliphatic hydroxyl groups excluding tert-OH is 2. The normalized spacial score (nSPS) is 50.6. The van der Waals surface area contributed by atoms with Crippen molar-refractivity contribution in [2.24, 2.45) is 23.7 Å². The van der Waals surface area contributed by atoms with Crippen molar-refractivity contribution >= 4 is 11.8 Å². The Hall–Kier alpha value is -1.30. The third-order valence-electron chi connectivity index (χ3n) is 12.2. The molecule has 3 N–H and O–H groups in total. The number of hydrogen-bond acceptors (Lipinski definition) is 14. The molecule has 4 aliphatic heterocycles. The first-order valence-electron chi connectivity index (χ1n) is 18.6. The summed E-state index contributed by atoms with van der Waals surface area (Å²) in [6.07, 6.45) is -7.66. The second-order valence-corrected chi connectivity index (χ2v) is 16.2. The fraction of sp³-hybridized carbons (Fsp3) is 0.946. The molecule has 4 fully saturated rings. The molecule has 14 heteroatoms. The lowest BCUT2D eigenvalue weighted by molar-refractivity contribution is -0.430. The largest absolute Gasteiger partial charge is 0.459 e. The minimum Gasteiger partial charge on any atom is -0.459 e. The summed E-state index contributed by atoms with van der Waals surface area (Å²) in [5, 5.41) is 34.0. The lowest BCUT2D eigenvalue weighted by Crippen LogP contribution is -2.69. The van der Waals surface area contributed by atoms with Crippen LogP contribution in [0.2, 0.25) is 0 Å². The first kappa shape index (κ1) is 42.4. The summed E-state index contributed by atoms with van der Waals surface area (Å²) in [6, 6.07) is -0.112. The van der Waals surface area contributed by atoms with E-state index in [0.29, 0.717) is 6.42 Å². The number of rotatable bonds is 6. The van der Waals surface area contributed by atoms with Crippen LogP contribution in [0.4, 0.5) is 0 Å². The van der Waals surface area contributed by atoms with Gasteiger partial charge in [-0.3, -0.25) is 9.59 Å². The molecule has 4 aliphatic rings. The molecule has 18 atom stereocenters. The molecule has 0 aromatic heterocycles. The van der Waals surface area contributed by atoms with E-state index in [9.17, 15) is 24.9 Å². The topological polar surface area (TPSA) is 172 Å². The number of hydrogen-bond donors (Lipinski definition) is 3. The molecule has 14 nitrogen and oxygen atoms in total. The van der Waals surface area contributed by atoms with E-state index in [0.717, 1.165) is 0 Å². The highest BCUT2D eigenvalue weighted by molar-refractivity contribution is 5.83. The maximum atomic E-state index is 14.1. The van der Waals surface area contributed by atoms with Crippen LogP contribution in [0.15, 0.2) is 0 Å². The maximum Gasteiger partial charge on any atom is 0.311 e. The van der Waals surface area contributed by atoms with Crippen LogP contribution in [0.25, 0.3) is 0 Å². The van der Waals surface area contributed by atoms with Gasteiger partial charge in [-0.25, -0.2) is 0 Å². The van der Waals surface area contributed by atoms with E-state index in [4.69, 9.17) is 37.9 Å². The molecule has 4 heterocycles. The lowest BCUT2D eigenvalue weighted by atomic mass is 9.76. The van der Waals surface area contributed by atoms with Crippen molar-refractivity contribution in [2.45, 2.75) is 172 Å². The molecule has 0 spiro atoms. The number of carbonyl (C=O) groups excluding carboxylic acids is 2. The fourth-order valence-electron chi connectivity index (χ4n) is 8.71. The van der Waals surface area contributed by atoms with Crippen LogP contribution in [0.1, 0.15) is 88.0 Å². The van der Waals surface area contributed by atoms with Gasteiger partial charge >= 0.3 is 5.97 Å². The van der Waals surface area contributed by atoms with Crippen molar-refractivity contribution in [2.75, 3.05) is 28.3 Å². The molecule has 0 aromatic carbocycles. The first-order valence-corrected chi connectivity index (χ1v) is 18.6. The Morgan fingerprint density at radius 3 is 2.12 bits per heavy atom. The lowest BCUT2D eigenvalue weighted by Gasteiger charge is -2.56. The van der Waals surface area contributed by atoms with Gasteiger partial charge in [0.2, 0.25) is 0 Å². The van der Waals surface area contributed by atoms with E-state index in [1.807, 2.05) is 27.9 Å². The highest BCUT2D eigenvalue weighted by Gasteiger charge is 2.60. The second kappa shape index (κ2) is 16.2. The quantitative estimate of drug-likeness (QED) is 0.340. The number of nitrogens with zero attached hydrogens (tertiary/aromatic N) is 1. The Morgan fingerprint density at radius 2 is 1.55 bits per heavy atom. The molecule has 13 unspecified atom stereocenters. The zero-order valence-electron chi connectivity index (χ0n) is 32.9. The van der Waals surface area contributed by atoms with Crippen molar-refractivity contribution in [3.05, 3.63) is 0 Å². The SMILES string of the molecule is CCC1OC(=O)[C@H](C)C(OC2CC(C)(OC)C(O)C(C)O2)C(C)C2OC3OC(C)CC(N(C)C)C3O[C@@]2(OC)CC(C)C(=O)[C@H](C)[C@@H](O)[C@]1(C)O. The monoisotopic (exact) mass is 731 g/mol. The van der Waals surface area contributed by atoms with E-state index in [2.05, 4.69) is 4.90 Å². The van der Waals surface area contributed by atoms with Crippen LogP contribution in [-0.2, 0) is 47.5 Å². The van der Waals surface area contributed by atoms with Crippen molar-refractivity contribution in [1.29, 1.82) is 0 Å². The molecule has 296 valence electrons. The summed E-state index contributed by atoms with van der Waals surface area (Å²) in [6.45, 7) is 15.4. The number of ketones is 1. The van der Waals surface area contributed by atoms with Gasteiger partial charge in [0.05, 0.1) is 35.9 Å². The molecule has 0 amide bonds. The number of aliphatic hydroxyl groups is 3. The molecule has 4 saturated heterocycles. The van der Waals surface area contributed by atoms with Gasteiger partial charge in [-0.2, -0.15) is 0 Å². The molecule has 51 heavy (non-hydrogen) atoms. The van der Waals surface area contributed by atoms with Crippen molar-refractivity contribution in [3.8, 4) is 0 Å². The number of Topliss-reactive ketones (excluding diaryl/α,β-unsaturated/α-hetero) is 1. The van der Waals surface area contributed by atoms with Gasteiger partial charge in [0.25, 0.3) is 0 Å². The molecule has 0 radical (unpaired) electrons. The van der Waals surface area contributed by atoms with Crippen molar-refractivity contribution in [3.63, 3.8) is 0 Å². The number of methoxy groups -OCH3 is 2. The Morgan fingerprint density at radius 1 is 0.902 bits per heavy atom. The van der Waals surface area contributed by atoms with Crippen LogP contribution in [0.5, 0.6) is 0 Å². The molecular formula is C37H65NO13. The van der Waals surface area contributed by atoms with Crippen LogP contribution < -0.4 is 0 Å². The minimum absolute atomic E-state index is 0.0309. The molecule has 0 saturated carbocycles. The Balaban J connectivity index is 1.86. The molecular weight excluding hydrogens is 666 g/mol. The molecule has 4 rings (SSSR count). The Labute approximate surface area is 303 Å². The van der Waals surface area contributed by atoms with E-state index in [1.165, 1.54) is 21.1 Å². The van der Waals surface area contributed by atoms with Gasteiger partial charge in [-0.05, 0) is 61.6 Å². The average Bonchev–Trinajstić information content (AvgIpc) is 3.08. The van der Waals surface area contributed by atoms with Crippen molar-refractivity contribution < 1.29 is 62.8 Å². The van der Waals surface area contributed by atoms with Crippen LogP contribution in [0.3, 0.4) is 0 Å². The Bertz CT molecular complexity index is 1200. The number of carbonyl (C=O) groups is 2. The number of esters is 1. The summed E-state index contributed by atoms with van der Waals surface area (Å²) in [5.74, 6) is -5.96. The summed E-state index contributed by atoms with van der Waals surface area (Å²) in [7, 11) is 6.94. The first-order chi connectivity index (χ1) is 23.7. The highest BCUT2D eigenvalue weighted by Crippen LogP contribution is 2.46. The smallest absolute Gasteiger partial charge is 0.311 e. The van der Waals surface area contributed by atoms with Gasteiger partial charge < -0.3 is 58.1 Å². The number of cyclic esters (lactones) is 1. The second-order valence-electron chi connectivity index (χ2n) is 16.2. The fourth-order valence-corrected chi connectivity index (χ4v) is 8.71.